The Morgan fingerprint density at radius 2 is 2.15 bits per heavy atom. The van der Waals surface area contributed by atoms with Gasteiger partial charge in [-0.1, -0.05) is 18.6 Å². The Kier molecular flexibility index (Phi) is 3.83. The molecule has 4 aromatic rings. The second-order valence-electron chi connectivity index (χ2n) is 6.76. The van der Waals surface area contributed by atoms with Gasteiger partial charge in [-0.25, -0.2) is 9.97 Å². The van der Waals surface area contributed by atoms with Gasteiger partial charge < -0.3 is 4.98 Å². The maximum absolute atomic E-state index is 12.3. The van der Waals surface area contributed by atoms with E-state index in [0.717, 1.165) is 46.9 Å². The molecule has 0 unspecified atom stereocenters. The fourth-order valence-corrected chi connectivity index (χ4v) is 4.54. The third-order valence-corrected chi connectivity index (χ3v) is 5.81. The summed E-state index contributed by atoms with van der Waals surface area (Å²) in [6, 6.07) is 10.0. The number of hydrogen-bond donors (Lipinski definition) is 1. The van der Waals surface area contributed by atoms with Crippen molar-refractivity contribution in [3.05, 3.63) is 63.8 Å². The van der Waals surface area contributed by atoms with Crippen LogP contribution in [0, 0.1) is 0 Å². The fourth-order valence-electron chi connectivity index (χ4n) is 3.80. The molecular formula is C19H19N5OS. The zero-order chi connectivity index (χ0) is 17.5. The molecule has 7 heteroatoms. The first kappa shape index (κ1) is 15.7. The van der Waals surface area contributed by atoms with Crippen LogP contribution in [-0.2, 0) is 6.54 Å². The molecule has 4 heterocycles. The number of imidazole rings is 1. The molecule has 1 saturated heterocycles. The summed E-state index contributed by atoms with van der Waals surface area (Å²) in [7, 11) is 0. The molecule has 0 saturated carbocycles. The van der Waals surface area contributed by atoms with Crippen molar-refractivity contribution in [3.8, 4) is 0 Å². The molecule has 1 N–H and O–H groups in total. The van der Waals surface area contributed by atoms with Gasteiger partial charge in [-0.15, -0.1) is 11.3 Å². The summed E-state index contributed by atoms with van der Waals surface area (Å²) in [5.41, 5.74) is 2.90. The van der Waals surface area contributed by atoms with E-state index < -0.39 is 0 Å². The lowest BCUT2D eigenvalue weighted by atomic mass is 10.0. The number of aromatic nitrogens is 4. The SMILES string of the molecule is O=c1cc(CN2CCCC[C@@H]2c2nc3ccccc3[nH]2)nc2sccn12. The van der Waals surface area contributed by atoms with Gasteiger partial charge in [0, 0.05) is 24.2 Å². The number of para-hydroxylation sites is 2. The summed E-state index contributed by atoms with van der Waals surface area (Å²) in [5, 5.41) is 1.89. The lowest BCUT2D eigenvalue weighted by Gasteiger charge is -2.34. The lowest BCUT2D eigenvalue weighted by Crippen LogP contribution is -2.34. The number of thiazole rings is 1. The van der Waals surface area contributed by atoms with Gasteiger partial charge in [-0.3, -0.25) is 14.1 Å². The van der Waals surface area contributed by atoms with Crippen LogP contribution in [-0.4, -0.2) is 30.8 Å². The Bertz CT molecular complexity index is 1090. The van der Waals surface area contributed by atoms with Gasteiger partial charge in [0.05, 0.1) is 22.8 Å². The predicted molar refractivity (Wildman–Crippen MR) is 102 cm³/mol. The number of rotatable bonds is 3. The molecule has 6 nitrogen and oxygen atoms in total. The second-order valence-corrected chi connectivity index (χ2v) is 7.64. The number of piperidine rings is 1. The first-order valence-corrected chi connectivity index (χ1v) is 9.80. The van der Waals surface area contributed by atoms with Crippen molar-refractivity contribution in [2.24, 2.45) is 0 Å². The van der Waals surface area contributed by atoms with Crippen molar-refractivity contribution in [2.75, 3.05) is 6.54 Å². The summed E-state index contributed by atoms with van der Waals surface area (Å²) < 4.78 is 1.60. The molecule has 5 rings (SSSR count). The Balaban J connectivity index is 1.48. The number of hydrogen-bond acceptors (Lipinski definition) is 5. The molecule has 132 valence electrons. The van der Waals surface area contributed by atoms with Gasteiger partial charge >= 0.3 is 0 Å². The minimum atomic E-state index is -0.0106. The highest BCUT2D eigenvalue weighted by Crippen LogP contribution is 2.31. The first-order chi connectivity index (χ1) is 12.8. The van der Waals surface area contributed by atoms with Crippen LogP contribution >= 0.6 is 11.3 Å². The normalized spacial score (nSPS) is 18.7. The van der Waals surface area contributed by atoms with Crippen LogP contribution in [0.3, 0.4) is 0 Å². The molecule has 26 heavy (non-hydrogen) atoms. The zero-order valence-electron chi connectivity index (χ0n) is 14.3. The van der Waals surface area contributed by atoms with E-state index in [9.17, 15) is 4.79 Å². The zero-order valence-corrected chi connectivity index (χ0v) is 15.1. The largest absolute Gasteiger partial charge is 0.341 e. The molecule has 0 amide bonds. The summed E-state index contributed by atoms with van der Waals surface area (Å²) in [6.07, 6.45) is 5.20. The summed E-state index contributed by atoms with van der Waals surface area (Å²) >= 11 is 1.49. The van der Waals surface area contributed by atoms with E-state index in [1.165, 1.54) is 17.8 Å². The standard InChI is InChI=1S/C19H19N5OS/c25-17-11-13(20-19-24(17)9-10-26-19)12-23-8-4-3-7-16(23)18-21-14-5-1-2-6-15(14)22-18/h1-2,5-6,9-11,16H,3-4,7-8,12H2,(H,21,22)/t16-/m1/s1. The van der Waals surface area contributed by atoms with Crippen LogP contribution < -0.4 is 5.56 Å². The first-order valence-electron chi connectivity index (χ1n) is 8.92. The van der Waals surface area contributed by atoms with Crippen LogP contribution in [0.2, 0.25) is 0 Å². The maximum atomic E-state index is 12.3. The quantitative estimate of drug-likeness (QED) is 0.605. The number of nitrogens with zero attached hydrogens (tertiary/aromatic N) is 4. The van der Waals surface area contributed by atoms with Gasteiger partial charge in [-0.2, -0.15) is 0 Å². The fraction of sp³-hybridized carbons (Fsp3) is 0.316. The van der Waals surface area contributed by atoms with Gasteiger partial charge in [0.15, 0.2) is 4.96 Å². The van der Waals surface area contributed by atoms with Crippen LogP contribution in [0.5, 0.6) is 0 Å². The summed E-state index contributed by atoms with van der Waals surface area (Å²) in [6.45, 7) is 1.67. The predicted octanol–water partition coefficient (Wildman–Crippen LogP) is 3.36. The van der Waals surface area contributed by atoms with Crippen molar-refractivity contribution in [2.45, 2.75) is 31.8 Å². The summed E-state index contributed by atoms with van der Waals surface area (Å²) in [4.78, 5) is 28.4. The van der Waals surface area contributed by atoms with Crippen molar-refractivity contribution in [1.82, 2.24) is 24.3 Å². The molecular weight excluding hydrogens is 346 g/mol. The minimum Gasteiger partial charge on any atom is -0.341 e. The molecule has 0 aliphatic carbocycles. The molecule has 1 aliphatic heterocycles. The van der Waals surface area contributed by atoms with E-state index in [2.05, 4.69) is 20.9 Å². The van der Waals surface area contributed by atoms with E-state index in [4.69, 9.17) is 4.98 Å². The molecule has 0 spiro atoms. The average molecular weight is 365 g/mol. The molecule has 1 fully saturated rings. The number of benzene rings is 1. The number of fused-ring (bicyclic) bond motifs is 2. The van der Waals surface area contributed by atoms with Crippen LogP contribution in [0.4, 0.5) is 0 Å². The monoisotopic (exact) mass is 365 g/mol. The highest BCUT2D eigenvalue weighted by molar-refractivity contribution is 7.15. The van der Waals surface area contributed by atoms with E-state index in [0.29, 0.717) is 6.54 Å². The van der Waals surface area contributed by atoms with E-state index in [1.807, 2.05) is 23.6 Å². The van der Waals surface area contributed by atoms with Crippen LogP contribution in [0.1, 0.15) is 36.8 Å². The average Bonchev–Trinajstić information content (AvgIpc) is 3.29. The summed E-state index contributed by atoms with van der Waals surface area (Å²) in [5.74, 6) is 1.01. The van der Waals surface area contributed by atoms with Crippen LogP contribution in [0.15, 0.2) is 46.7 Å². The van der Waals surface area contributed by atoms with Gasteiger partial charge in [0.25, 0.3) is 5.56 Å². The topological polar surface area (TPSA) is 66.3 Å². The van der Waals surface area contributed by atoms with Gasteiger partial charge in [0.1, 0.15) is 5.82 Å². The molecule has 0 radical (unpaired) electrons. The van der Waals surface area contributed by atoms with E-state index in [-0.39, 0.29) is 11.6 Å². The Morgan fingerprint density at radius 3 is 3.08 bits per heavy atom. The number of nitrogens with one attached hydrogen (secondary N) is 1. The number of H-pyrrole nitrogens is 1. The number of aromatic amines is 1. The smallest absolute Gasteiger partial charge is 0.258 e. The highest BCUT2D eigenvalue weighted by atomic mass is 32.1. The Hall–Kier alpha value is -2.51. The van der Waals surface area contributed by atoms with Crippen LogP contribution in [0.25, 0.3) is 16.0 Å². The molecule has 0 bridgehead atoms. The maximum Gasteiger partial charge on any atom is 0.258 e. The highest BCUT2D eigenvalue weighted by Gasteiger charge is 2.27. The van der Waals surface area contributed by atoms with E-state index in [1.54, 1.807) is 16.7 Å². The Labute approximate surface area is 154 Å². The molecule has 1 aliphatic rings. The van der Waals surface area contributed by atoms with E-state index >= 15 is 0 Å². The lowest BCUT2D eigenvalue weighted by molar-refractivity contribution is 0.133. The third kappa shape index (κ3) is 2.73. The van der Waals surface area contributed by atoms with Gasteiger partial charge in [-0.05, 0) is 31.5 Å². The Morgan fingerprint density at radius 1 is 1.23 bits per heavy atom. The second kappa shape index (κ2) is 6.34. The van der Waals surface area contributed by atoms with Crippen molar-refractivity contribution in [1.29, 1.82) is 0 Å². The van der Waals surface area contributed by atoms with Gasteiger partial charge in [0.2, 0.25) is 0 Å². The van der Waals surface area contributed by atoms with Crippen molar-refractivity contribution < 1.29 is 0 Å². The van der Waals surface area contributed by atoms with Crippen molar-refractivity contribution in [3.63, 3.8) is 0 Å². The number of likely N-dealkylation sites (tertiary alicyclic amines) is 1. The molecule has 1 aromatic carbocycles. The van der Waals surface area contributed by atoms with Crippen molar-refractivity contribution >= 4 is 27.3 Å². The third-order valence-electron chi connectivity index (χ3n) is 5.06. The molecule has 1 atom stereocenters. The molecule has 3 aromatic heterocycles. The minimum absolute atomic E-state index is 0.0106.